The van der Waals surface area contributed by atoms with Crippen molar-refractivity contribution in [2.45, 2.75) is 13.0 Å². The molecular formula is C16H17FN2. The summed E-state index contributed by atoms with van der Waals surface area (Å²) in [5.41, 5.74) is 4.45. The number of rotatable bonds is 3. The molecule has 1 aliphatic heterocycles. The average molecular weight is 256 g/mol. The summed E-state index contributed by atoms with van der Waals surface area (Å²) >= 11 is 0. The Morgan fingerprint density at radius 2 is 2.00 bits per heavy atom. The minimum atomic E-state index is -0.175. The Hall–Kier alpha value is -2.03. The third kappa shape index (κ3) is 2.28. The van der Waals surface area contributed by atoms with Crippen molar-refractivity contribution in [2.75, 3.05) is 23.8 Å². The number of para-hydroxylation sites is 2. The van der Waals surface area contributed by atoms with Gasteiger partial charge in [0.05, 0.1) is 5.69 Å². The standard InChI is InChI=1S/C16H17FN2/c1-19(15-8-3-2-7-14(15)17)11-13-6-4-5-12-9-10-18-16(12)13/h2-8,18H,9-11H2,1H3. The van der Waals surface area contributed by atoms with Crippen LogP contribution in [0.2, 0.25) is 0 Å². The van der Waals surface area contributed by atoms with Gasteiger partial charge in [-0.15, -0.1) is 0 Å². The van der Waals surface area contributed by atoms with E-state index in [0.717, 1.165) is 13.0 Å². The molecule has 98 valence electrons. The van der Waals surface area contributed by atoms with Crippen LogP contribution in [0.15, 0.2) is 42.5 Å². The molecule has 0 atom stereocenters. The van der Waals surface area contributed by atoms with E-state index >= 15 is 0 Å². The van der Waals surface area contributed by atoms with E-state index in [-0.39, 0.29) is 5.82 Å². The highest BCUT2D eigenvalue weighted by molar-refractivity contribution is 5.62. The molecule has 3 rings (SSSR count). The molecule has 0 amide bonds. The molecule has 3 heteroatoms. The van der Waals surface area contributed by atoms with Crippen LogP contribution in [0.5, 0.6) is 0 Å². The van der Waals surface area contributed by atoms with E-state index in [2.05, 4.69) is 23.5 Å². The lowest BCUT2D eigenvalue weighted by Crippen LogP contribution is -2.18. The van der Waals surface area contributed by atoms with Crippen LogP contribution >= 0.6 is 0 Å². The van der Waals surface area contributed by atoms with Crippen LogP contribution in [-0.4, -0.2) is 13.6 Å². The van der Waals surface area contributed by atoms with Gasteiger partial charge >= 0.3 is 0 Å². The molecular weight excluding hydrogens is 239 g/mol. The second kappa shape index (κ2) is 4.92. The summed E-state index contributed by atoms with van der Waals surface area (Å²) in [5.74, 6) is -0.175. The first kappa shape index (κ1) is 12.0. The second-order valence-corrected chi connectivity index (χ2v) is 4.94. The van der Waals surface area contributed by atoms with Gasteiger partial charge in [0.2, 0.25) is 0 Å². The third-order valence-electron chi connectivity index (χ3n) is 3.60. The Morgan fingerprint density at radius 3 is 2.84 bits per heavy atom. The number of nitrogens with one attached hydrogen (secondary N) is 1. The summed E-state index contributed by atoms with van der Waals surface area (Å²) in [6.07, 6.45) is 1.08. The number of fused-ring (bicyclic) bond motifs is 1. The lowest BCUT2D eigenvalue weighted by molar-refractivity contribution is 0.622. The zero-order chi connectivity index (χ0) is 13.2. The fourth-order valence-electron chi connectivity index (χ4n) is 2.64. The van der Waals surface area contributed by atoms with Crippen LogP contribution in [0, 0.1) is 5.82 Å². The van der Waals surface area contributed by atoms with E-state index < -0.39 is 0 Å². The van der Waals surface area contributed by atoms with Crippen molar-refractivity contribution >= 4 is 11.4 Å². The van der Waals surface area contributed by atoms with Gasteiger partial charge in [0.1, 0.15) is 5.82 Å². The molecule has 1 N–H and O–H groups in total. The van der Waals surface area contributed by atoms with Gasteiger partial charge in [-0.05, 0) is 29.7 Å². The largest absolute Gasteiger partial charge is 0.384 e. The number of benzene rings is 2. The number of nitrogens with zero attached hydrogens (tertiary/aromatic N) is 1. The number of anilines is 2. The van der Waals surface area contributed by atoms with Crippen molar-refractivity contribution in [3.05, 3.63) is 59.4 Å². The Bertz CT molecular complexity index is 595. The predicted molar refractivity (Wildman–Crippen MR) is 77.1 cm³/mol. The molecule has 0 spiro atoms. The summed E-state index contributed by atoms with van der Waals surface area (Å²) in [6, 6.07) is 13.2. The van der Waals surface area contributed by atoms with Crippen molar-refractivity contribution in [3.8, 4) is 0 Å². The Balaban J connectivity index is 1.86. The van der Waals surface area contributed by atoms with Gasteiger partial charge in [-0.25, -0.2) is 4.39 Å². The van der Waals surface area contributed by atoms with Crippen molar-refractivity contribution in [3.63, 3.8) is 0 Å². The summed E-state index contributed by atoms with van der Waals surface area (Å²) in [5, 5.41) is 3.42. The maximum atomic E-state index is 13.8. The lowest BCUT2D eigenvalue weighted by atomic mass is 10.1. The highest BCUT2D eigenvalue weighted by atomic mass is 19.1. The number of halogens is 1. The summed E-state index contributed by atoms with van der Waals surface area (Å²) < 4.78 is 13.8. The molecule has 0 saturated heterocycles. The van der Waals surface area contributed by atoms with Crippen molar-refractivity contribution < 1.29 is 4.39 Å². The zero-order valence-corrected chi connectivity index (χ0v) is 11.0. The smallest absolute Gasteiger partial charge is 0.146 e. The summed E-state index contributed by atoms with van der Waals surface area (Å²) in [6.45, 7) is 1.70. The molecule has 0 aromatic heterocycles. The molecule has 2 nitrogen and oxygen atoms in total. The Kier molecular flexibility index (Phi) is 3.11. The molecule has 0 saturated carbocycles. The number of hydrogen-bond donors (Lipinski definition) is 1. The second-order valence-electron chi connectivity index (χ2n) is 4.94. The van der Waals surface area contributed by atoms with Gasteiger partial charge in [-0.2, -0.15) is 0 Å². The molecule has 0 aliphatic carbocycles. The highest BCUT2D eigenvalue weighted by Crippen LogP contribution is 2.28. The lowest BCUT2D eigenvalue weighted by Gasteiger charge is -2.21. The van der Waals surface area contributed by atoms with Crippen LogP contribution in [0.1, 0.15) is 11.1 Å². The van der Waals surface area contributed by atoms with Crippen LogP contribution in [0.25, 0.3) is 0 Å². The average Bonchev–Trinajstić information content (AvgIpc) is 2.88. The Morgan fingerprint density at radius 1 is 1.16 bits per heavy atom. The molecule has 1 aliphatic rings. The highest BCUT2D eigenvalue weighted by Gasteiger charge is 2.15. The van der Waals surface area contributed by atoms with Gasteiger partial charge in [0, 0.05) is 25.8 Å². The molecule has 2 aromatic carbocycles. The third-order valence-corrected chi connectivity index (χ3v) is 3.60. The fraction of sp³-hybridized carbons (Fsp3) is 0.250. The molecule has 19 heavy (non-hydrogen) atoms. The molecule has 0 unspecified atom stereocenters. The monoisotopic (exact) mass is 256 g/mol. The van der Waals surface area contributed by atoms with Crippen LogP contribution in [0.3, 0.4) is 0 Å². The topological polar surface area (TPSA) is 15.3 Å². The molecule has 1 heterocycles. The number of hydrogen-bond acceptors (Lipinski definition) is 2. The van der Waals surface area contributed by atoms with Crippen LogP contribution in [0.4, 0.5) is 15.8 Å². The molecule has 0 fully saturated rings. The first-order valence-electron chi connectivity index (χ1n) is 6.56. The van der Waals surface area contributed by atoms with E-state index in [0.29, 0.717) is 12.2 Å². The van der Waals surface area contributed by atoms with Gasteiger partial charge in [0.15, 0.2) is 0 Å². The maximum absolute atomic E-state index is 13.8. The molecule has 0 radical (unpaired) electrons. The van der Waals surface area contributed by atoms with Crippen LogP contribution in [-0.2, 0) is 13.0 Å². The zero-order valence-electron chi connectivity index (χ0n) is 11.0. The van der Waals surface area contributed by atoms with Crippen molar-refractivity contribution in [1.29, 1.82) is 0 Å². The van der Waals surface area contributed by atoms with Gasteiger partial charge in [-0.1, -0.05) is 30.3 Å². The normalized spacial score (nSPS) is 12.9. The van der Waals surface area contributed by atoms with E-state index in [1.54, 1.807) is 6.07 Å². The van der Waals surface area contributed by atoms with Gasteiger partial charge in [-0.3, -0.25) is 0 Å². The first-order valence-corrected chi connectivity index (χ1v) is 6.56. The van der Waals surface area contributed by atoms with Crippen molar-refractivity contribution in [2.24, 2.45) is 0 Å². The molecule has 0 bridgehead atoms. The van der Waals surface area contributed by atoms with E-state index in [9.17, 15) is 4.39 Å². The Labute approximate surface area is 112 Å². The predicted octanol–water partition coefficient (Wildman–Crippen LogP) is 3.43. The van der Waals surface area contributed by atoms with E-state index in [4.69, 9.17) is 0 Å². The summed E-state index contributed by atoms with van der Waals surface area (Å²) in [7, 11) is 1.92. The molecule has 2 aromatic rings. The maximum Gasteiger partial charge on any atom is 0.146 e. The van der Waals surface area contributed by atoms with Gasteiger partial charge in [0.25, 0.3) is 0 Å². The quantitative estimate of drug-likeness (QED) is 0.905. The van der Waals surface area contributed by atoms with Crippen LogP contribution < -0.4 is 10.2 Å². The first-order chi connectivity index (χ1) is 9.25. The minimum Gasteiger partial charge on any atom is -0.384 e. The SMILES string of the molecule is CN(Cc1cccc2c1NCC2)c1ccccc1F. The summed E-state index contributed by atoms with van der Waals surface area (Å²) in [4.78, 5) is 1.95. The van der Waals surface area contributed by atoms with E-state index in [1.165, 1.54) is 22.9 Å². The minimum absolute atomic E-state index is 0.175. The van der Waals surface area contributed by atoms with Gasteiger partial charge < -0.3 is 10.2 Å². The van der Waals surface area contributed by atoms with E-state index in [1.807, 2.05) is 24.1 Å². The van der Waals surface area contributed by atoms with Crippen molar-refractivity contribution in [1.82, 2.24) is 0 Å². The fourth-order valence-corrected chi connectivity index (χ4v) is 2.64.